The Balaban J connectivity index is 2.06. The van der Waals surface area contributed by atoms with Gasteiger partial charge in [0.1, 0.15) is 11.4 Å². The summed E-state index contributed by atoms with van der Waals surface area (Å²) in [5, 5.41) is 12.7. The van der Waals surface area contributed by atoms with Crippen molar-refractivity contribution in [1.82, 2.24) is 5.32 Å². The van der Waals surface area contributed by atoms with E-state index in [1.807, 2.05) is 42.5 Å². The van der Waals surface area contributed by atoms with Gasteiger partial charge in [0.25, 0.3) is 0 Å². The number of halogens is 1. The molecular weight excluding hydrogens is 410 g/mol. The van der Waals surface area contributed by atoms with E-state index >= 15 is 0 Å². The molecule has 0 radical (unpaired) electrons. The van der Waals surface area contributed by atoms with Crippen LogP contribution < -0.4 is 10.1 Å². The molecule has 7 heteroatoms. The van der Waals surface area contributed by atoms with Gasteiger partial charge in [0.2, 0.25) is 0 Å². The van der Waals surface area contributed by atoms with Gasteiger partial charge in [-0.25, -0.2) is 4.79 Å². The lowest BCUT2D eigenvalue weighted by molar-refractivity contribution is 0.0538. The number of aliphatic hydroxyl groups is 1. The van der Waals surface area contributed by atoms with E-state index in [4.69, 9.17) is 21.1 Å². The largest absolute Gasteiger partial charge is 0.496 e. The fraction of sp³-hybridized carbons (Fsp3) is 0.318. The van der Waals surface area contributed by atoms with Gasteiger partial charge in [-0.05, 0) is 57.0 Å². The van der Waals surface area contributed by atoms with E-state index in [-0.39, 0.29) is 6.61 Å². The van der Waals surface area contributed by atoms with Crippen LogP contribution in [0.3, 0.4) is 0 Å². The van der Waals surface area contributed by atoms with E-state index in [2.05, 4.69) is 5.32 Å². The molecule has 0 atom stereocenters. The number of amides is 1. The van der Waals surface area contributed by atoms with Crippen LogP contribution in [0.5, 0.6) is 5.75 Å². The van der Waals surface area contributed by atoms with Crippen LogP contribution in [0.1, 0.15) is 26.3 Å². The second-order valence-electron chi connectivity index (χ2n) is 7.22. The summed E-state index contributed by atoms with van der Waals surface area (Å²) < 4.78 is 10.6. The fourth-order valence-electron chi connectivity index (χ4n) is 2.41. The van der Waals surface area contributed by atoms with Gasteiger partial charge in [0, 0.05) is 15.6 Å². The summed E-state index contributed by atoms with van der Waals surface area (Å²) >= 11 is 8.01. The minimum atomic E-state index is -0.608. The van der Waals surface area contributed by atoms with Crippen molar-refractivity contribution < 1.29 is 19.4 Å². The van der Waals surface area contributed by atoms with Crippen LogP contribution in [-0.2, 0) is 11.2 Å². The smallest absolute Gasteiger partial charge is 0.411 e. The number of hydrogen-bond acceptors (Lipinski definition) is 5. The van der Waals surface area contributed by atoms with Crippen molar-refractivity contribution in [3.05, 3.63) is 64.8 Å². The lowest BCUT2D eigenvalue weighted by Crippen LogP contribution is -2.33. The molecule has 156 valence electrons. The van der Waals surface area contributed by atoms with Crippen molar-refractivity contribution in [2.75, 3.05) is 13.7 Å². The summed E-state index contributed by atoms with van der Waals surface area (Å²) in [5.74, 6) is 0.807. The standard InChI is InChI=1S/C22H26ClNO4S/c1-22(2,3)28-21(26)24-16(14-25)11-9-15-10-12-17(13-18(15)23)29-20-8-6-5-7-19(20)27-4/h5-8,10-13,25H,9,14H2,1-4H3,(H,24,26)/b16-11-. The number of carbonyl (C=O) groups is 1. The average molecular weight is 436 g/mol. The van der Waals surface area contributed by atoms with Gasteiger partial charge in [-0.15, -0.1) is 0 Å². The van der Waals surface area contributed by atoms with Crippen LogP contribution in [0, 0.1) is 0 Å². The molecule has 0 aromatic heterocycles. The molecule has 0 bridgehead atoms. The first-order valence-electron chi connectivity index (χ1n) is 9.11. The highest BCUT2D eigenvalue weighted by Gasteiger charge is 2.16. The van der Waals surface area contributed by atoms with Crippen LogP contribution in [-0.4, -0.2) is 30.5 Å². The molecule has 0 unspecified atom stereocenters. The van der Waals surface area contributed by atoms with Crippen molar-refractivity contribution in [3.63, 3.8) is 0 Å². The number of nitrogens with one attached hydrogen (secondary N) is 1. The van der Waals surface area contributed by atoms with Crippen LogP contribution in [0.15, 0.2) is 64.0 Å². The highest BCUT2D eigenvalue weighted by atomic mass is 35.5. The van der Waals surface area contributed by atoms with Crippen molar-refractivity contribution in [2.24, 2.45) is 0 Å². The molecular formula is C22H26ClNO4S. The van der Waals surface area contributed by atoms with Gasteiger partial charge in [-0.3, -0.25) is 5.32 Å². The minimum absolute atomic E-state index is 0.307. The third-order valence-electron chi connectivity index (χ3n) is 3.72. The molecule has 2 rings (SSSR count). The molecule has 2 N–H and O–H groups in total. The number of benzene rings is 2. The normalized spacial score (nSPS) is 11.9. The maximum absolute atomic E-state index is 11.9. The maximum Gasteiger partial charge on any atom is 0.411 e. The Kier molecular flexibility index (Phi) is 8.44. The number of ether oxygens (including phenoxy) is 2. The van der Waals surface area contributed by atoms with Crippen LogP contribution in [0.4, 0.5) is 4.79 Å². The number of methoxy groups -OCH3 is 1. The first kappa shape index (κ1) is 23.1. The molecule has 1 amide bonds. The predicted molar refractivity (Wildman–Crippen MR) is 117 cm³/mol. The van der Waals surface area contributed by atoms with Crippen molar-refractivity contribution in [2.45, 2.75) is 42.6 Å². The molecule has 5 nitrogen and oxygen atoms in total. The summed E-state index contributed by atoms with van der Waals surface area (Å²) in [6.07, 6.45) is 1.58. The van der Waals surface area contributed by atoms with Crippen molar-refractivity contribution >= 4 is 29.5 Å². The minimum Gasteiger partial charge on any atom is -0.496 e. The monoisotopic (exact) mass is 435 g/mol. The molecule has 0 saturated carbocycles. The molecule has 2 aromatic carbocycles. The molecule has 29 heavy (non-hydrogen) atoms. The van der Waals surface area contributed by atoms with Gasteiger partial charge in [-0.1, -0.05) is 47.6 Å². The van der Waals surface area contributed by atoms with E-state index in [1.165, 1.54) is 0 Å². The SMILES string of the molecule is COc1ccccc1Sc1ccc(C/C=C(/CO)NC(=O)OC(C)(C)C)c(Cl)c1. The number of allylic oxidation sites excluding steroid dienone is 1. The van der Waals surface area contributed by atoms with Crippen LogP contribution in [0.25, 0.3) is 0 Å². The zero-order valence-electron chi connectivity index (χ0n) is 17.0. The fourth-order valence-corrected chi connectivity index (χ4v) is 3.70. The van der Waals surface area contributed by atoms with E-state index in [0.29, 0.717) is 17.1 Å². The highest BCUT2D eigenvalue weighted by molar-refractivity contribution is 7.99. The van der Waals surface area contributed by atoms with Gasteiger partial charge in [-0.2, -0.15) is 0 Å². The number of para-hydroxylation sites is 1. The zero-order valence-corrected chi connectivity index (χ0v) is 18.6. The molecule has 0 fully saturated rings. The molecule has 0 aliphatic heterocycles. The Morgan fingerprint density at radius 1 is 1.24 bits per heavy atom. The molecule has 0 spiro atoms. The summed E-state index contributed by atoms with van der Waals surface area (Å²) in [6.45, 7) is 5.02. The van der Waals surface area contributed by atoms with Gasteiger partial charge in [0.05, 0.1) is 18.6 Å². The first-order valence-corrected chi connectivity index (χ1v) is 10.3. The average Bonchev–Trinajstić information content (AvgIpc) is 2.65. The Labute approximate surface area is 181 Å². The predicted octanol–water partition coefficient (Wildman–Crippen LogP) is 5.44. The first-order chi connectivity index (χ1) is 13.7. The molecule has 0 aliphatic carbocycles. The van der Waals surface area contributed by atoms with E-state index < -0.39 is 11.7 Å². The quantitative estimate of drug-likeness (QED) is 0.605. The number of carbonyl (C=O) groups excluding carboxylic acids is 1. The van der Waals surface area contributed by atoms with Gasteiger partial charge in [0.15, 0.2) is 0 Å². The number of aliphatic hydroxyl groups excluding tert-OH is 1. The van der Waals surface area contributed by atoms with Gasteiger partial charge < -0.3 is 14.6 Å². The Bertz CT molecular complexity index is 877. The zero-order chi connectivity index (χ0) is 21.4. The lowest BCUT2D eigenvalue weighted by atomic mass is 10.1. The molecule has 0 aliphatic rings. The van der Waals surface area contributed by atoms with E-state index in [9.17, 15) is 9.90 Å². The van der Waals surface area contributed by atoms with Crippen LogP contribution >= 0.6 is 23.4 Å². The molecule has 0 heterocycles. The second kappa shape index (κ2) is 10.6. The van der Waals surface area contributed by atoms with Crippen molar-refractivity contribution in [3.8, 4) is 5.75 Å². The summed E-state index contributed by atoms with van der Waals surface area (Å²) in [4.78, 5) is 13.8. The number of rotatable bonds is 7. The third kappa shape index (κ3) is 7.65. The van der Waals surface area contributed by atoms with Crippen molar-refractivity contribution in [1.29, 1.82) is 0 Å². The third-order valence-corrected chi connectivity index (χ3v) is 5.12. The summed E-state index contributed by atoms with van der Waals surface area (Å²) in [5.41, 5.74) is 0.638. The molecule has 2 aromatic rings. The maximum atomic E-state index is 11.9. The van der Waals surface area contributed by atoms with E-state index in [1.54, 1.807) is 45.7 Å². The Hall–Kier alpha value is -2.15. The highest BCUT2D eigenvalue weighted by Crippen LogP contribution is 2.36. The molecule has 0 saturated heterocycles. The Morgan fingerprint density at radius 2 is 1.97 bits per heavy atom. The topological polar surface area (TPSA) is 67.8 Å². The van der Waals surface area contributed by atoms with E-state index in [0.717, 1.165) is 21.1 Å². The summed E-state index contributed by atoms with van der Waals surface area (Å²) in [6, 6.07) is 13.6. The number of hydrogen-bond donors (Lipinski definition) is 2. The lowest BCUT2D eigenvalue weighted by Gasteiger charge is -2.20. The summed E-state index contributed by atoms with van der Waals surface area (Å²) in [7, 11) is 1.64. The number of alkyl carbamates (subject to hydrolysis) is 1. The second-order valence-corrected chi connectivity index (χ2v) is 8.75. The Morgan fingerprint density at radius 3 is 2.59 bits per heavy atom. The van der Waals surface area contributed by atoms with Gasteiger partial charge >= 0.3 is 6.09 Å². The van der Waals surface area contributed by atoms with Crippen LogP contribution in [0.2, 0.25) is 5.02 Å².